The molecule has 0 aliphatic rings. The van der Waals surface area contributed by atoms with Crippen LogP contribution in [-0.4, -0.2) is 41.3 Å². The Morgan fingerprint density at radius 1 is 1.11 bits per heavy atom. The number of rotatable bonds is 3. The van der Waals surface area contributed by atoms with Gasteiger partial charge in [0.05, 0.1) is 0 Å². The van der Waals surface area contributed by atoms with Gasteiger partial charge in [-0.2, -0.15) is 0 Å². The third-order valence-corrected chi connectivity index (χ3v) is 5.60. The summed E-state index contributed by atoms with van der Waals surface area (Å²) in [6.45, 7) is 2.22. The molecule has 0 aliphatic carbocycles. The van der Waals surface area contributed by atoms with Gasteiger partial charge in [-0.15, -0.1) is 0 Å². The Morgan fingerprint density at radius 3 is 1.44 bits per heavy atom. The van der Waals surface area contributed by atoms with Gasteiger partial charge in [0, 0.05) is 0 Å². The highest BCUT2D eigenvalue weighted by molar-refractivity contribution is 6.70. The summed E-state index contributed by atoms with van der Waals surface area (Å²) >= 11 is 0. The Bertz CT molecular complexity index is 80.3. The van der Waals surface area contributed by atoms with Crippen LogP contribution in [0.25, 0.3) is 0 Å². The van der Waals surface area contributed by atoms with Crippen molar-refractivity contribution in [3.8, 4) is 0 Å². The molecule has 0 fully saturated rings. The highest BCUT2D eigenvalue weighted by Gasteiger charge is 2.26. The highest BCUT2D eigenvalue weighted by atomic mass is 28.4. The summed E-state index contributed by atoms with van der Waals surface area (Å²) in [5.74, 6) is 0. The quantitative estimate of drug-likeness (QED) is 0.530. The average Bonchev–Trinajstić information content (AvgIpc) is 1.86. The second-order valence-electron chi connectivity index (χ2n) is 2.47. The van der Waals surface area contributed by atoms with Crippen molar-refractivity contribution in [2.75, 3.05) is 28.2 Å². The van der Waals surface area contributed by atoms with Crippen LogP contribution in [0.2, 0.25) is 6.55 Å². The van der Waals surface area contributed by atoms with E-state index in [4.69, 9.17) is 0 Å². The van der Waals surface area contributed by atoms with Gasteiger partial charge >= 0.3 is 0 Å². The standard InChI is InChI=1S/C5H17N3Si/c1-6-9(5,7-2)8(3)4/h6-7H,1-5H3. The molecule has 0 aromatic carbocycles. The van der Waals surface area contributed by atoms with E-state index in [1.807, 2.05) is 14.1 Å². The summed E-state index contributed by atoms with van der Waals surface area (Å²) < 4.78 is 2.22. The van der Waals surface area contributed by atoms with Gasteiger partial charge < -0.3 is 14.5 Å². The summed E-state index contributed by atoms with van der Waals surface area (Å²) in [5, 5.41) is 0. The molecular formula is C5H17N3Si. The van der Waals surface area contributed by atoms with E-state index >= 15 is 0 Å². The van der Waals surface area contributed by atoms with E-state index in [1.165, 1.54) is 0 Å². The number of hydrogen-bond donors (Lipinski definition) is 2. The lowest BCUT2D eigenvalue weighted by molar-refractivity contribution is 0.580. The zero-order valence-electron chi connectivity index (χ0n) is 6.95. The van der Waals surface area contributed by atoms with Gasteiger partial charge in [-0.1, -0.05) is 0 Å². The average molecular weight is 147 g/mol. The third kappa shape index (κ3) is 2.06. The predicted molar refractivity (Wildman–Crippen MR) is 43.4 cm³/mol. The van der Waals surface area contributed by atoms with Crippen molar-refractivity contribution < 1.29 is 0 Å². The van der Waals surface area contributed by atoms with Gasteiger partial charge in [-0.3, -0.25) is 0 Å². The zero-order chi connectivity index (χ0) is 7.49. The van der Waals surface area contributed by atoms with Gasteiger partial charge in [0.2, 0.25) is 0 Å². The lowest BCUT2D eigenvalue weighted by Gasteiger charge is -2.31. The summed E-state index contributed by atoms with van der Waals surface area (Å²) in [4.78, 5) is 6.56. The van der Waals surface area contributed by atoms with E-state index in [-0.39, 0.29) is 0 Å². The molecule has 0 spiro atoms. The first-order valence-electron chi connectivity index (χ1n) is 3.12. The van der Waals surface area contributed by atoms with E-state index in [9.17, 15) is 0 Å². The fourth-order valence-corrected chi connectivity index (χ4v) is 1.72. The molecule has 0 atom stereocenters. The van der Waals surface area contributed by atoms with Crippen LogP contribution in [0.1, 0.15) is 0 Å². The fourth-order valence-electron chi connectivity index (χ4n) is 0.572. The zero-order valence-corrected chi connectivity index (χ0v) is 7.95. The van der Waals surface area contributed by atoms with Crippen molar-refractivity contribution in [2.24, 2.45) is 0 Å². The minimum Gasteiger partial charge on any atom is -0.316 e. The second-order valence-corrected chi connectivity index (χ2v) is 6.51. The summed E-state index contributed by atoms with van der Waals surface area (Å²) in [6.07, 6.45) is 0. The van der Waals surface area contributed by atoms with Gasteiger partial charge in [0.1, 0.15) is 0 Å². The maximum atomic E-state index is 3.28. The highest BCUT2D eigenvalue weighted by Crippen LogP contribution is 1.92. The molecule has 2 N–H and O–H groups in total. The van der Waals surface area contributed by atoms with Gasteiger partial charge in [0.15, 0.2) is 0 Å². The maximum absolute atomic E-state index is 3.28. The molecule has 0 amide bonds. The minimum atomic E-state index is -1.44. The first-order chi connectivity index (χ1) is 4.06. The monoisotopic (exact) mass is 147 g/mol. The minimum absolute atomic E-state index is 1.44. The molecule has 0 saturated heterocycles. The van der Waals surface area contributed by atoms with E-state index < -0.39 is 8.56 Å². The summed E-state index contributed by atoms with van der Waals surface area (Å²) in [7, 11) is 6.70. The van der Waals surface area contributed by atoms with Crippen molar-refractivity contribution in [3.63, 3.8) is 0 Å². The topological polar surface area (TPSA) is 27.3 Å². The lowest BCUT2D eigenvalue weighted by atomic mass is 11.3. The third-order valence-electron chi connectivity index (χ3n) is 1.87. The number of nitrogens with zero attached hydrogens (tertiary/aromatic N) is 1. The molecule has 4 heteroatoms. The molecule has 0 aromatic heterocycles. The number of nitrogens with one attached hydrogen (secondary N) is 2. The van der Waals surface area contributed by atoms with Crippen molar-refractivity contribution in [1.82, 2.24) is 14.5 Å². The van der Waals surface area contributed by atoms with Crippen LogP contribution in [0.4, 0.5) is 0 Å². The normalized spacial score (nSPS) is 12.7. The molecule has 0 aromatic rings. The Kier molecular flexibility index (Phi) is 3.35. The second kappa shape index (κ2) is 3.31. The molecular weight excluding hydrogens is 130 g/mol. The molecule has 0 saturated carbocycles. The van der Waals surface area contributed by atoms with Crippen LogP contribution < -0.4 is 9.96 Å². The van der Waals surface area contributed by atoms with E-state index in [0.717, 1.165) is 0 Å². The van der Waals surface area contributed by atoms with Crippen molar-refractivity contribution in [2.45, 2.75) is 6.55 Å². The molecule has 0 heterocycles. The Hall–Kier alpha value is 0.0969. The van der Waals surface area contributed by atoms with E-state index in [2.05, 4.69) is 35.2 Å². The molecule has 0 radical (unpaired) electrons. The van der Waals surface area contributed by atoms with Gasteiger partial charge in [0.25, 0.3) is 8.56 Å². The van der Waals surface area contributed by atoms with Crippen LogP contribution >= 0.6 is 0 Å². The molecule has 9 heavy (non-hydrogen) atoms. The molecule has 56 valence electrons. The molecule has 0 bridgehead atoms. The van der Waals surface area contributed by atoms with Gasteiger partial charge in [-0.05, 0) is 34.7 Å². The molecule has 0 unspecified atom stereocenters. The van der Waals surface area contributed by atoms with E-state index in [0.29, 0.717) is 0 Å². The summed E-state index contributed by atoms with van der Waals surface area (Å²) in [5.41, 5.74) is 0. The largest absolute Gasteiger partial charge is 0.316 e. The van der Waals surface area contributed by atoms with Crippen LogP contribution in [0.15, 0.2) is 0 Å². The predicted octanol–water partition coefficient (Wildman–Crippen LogP) is -0.444. The lowest BCUT2D eigenvalue weighted by Crippen LogP contribution is -2.67. The first kappa shape index (κ1) is 9.10. The van der Waals surface area contributed by atoms with Crippen LogP contribution in [0.5, 0.6) is 0 Å². The maximum Gasteiger partial charge on any atom is 0.280 e. The molecule has 0 rings (SSSR count). The van der Waals surface area contributed by atoms with Crippen LogP contribution in [0, 0.1) is 0 Å². The van der Waals surface area contributed by atoms with Crippen molar-refractivity contribution in [3.05, 3.63) is 0 Å². The molecule has 3 nitrogen and oxygen atoms in total. The van der Waals surface area contributed by atoms with E-state index in [1.54, 1.807) is 0 Å². The van der Waals surface area contributed by atoms with Crippen molar-refractivity contribution >= 4 is 8.56 Å². The molecule has 0 aliphatic heterocycles. The Labute approximate surface area is 58.7 Å². The first-order valence-corrected chi connectivity index (χ1v) is 5.57. The Morgan fingerprint density at radius 2 is 1.44 bits per heavy atom. The number of hydrogen-bond acceptors (Lipinski definition) is 3. The van der Waals surface area contributed by atoms with Crippen LogP contribution in [-0.2, 0) is 0 Å². The van der Waals surface area contributed by atoms with Crippen LogP contribution in [0.3, 0.4) is 0 Å². The smallest absolute Gasteiger partial charge is 0.280 e. The summed E-state index contributed by atoms with van der Waals surface area (Å²) in [6, 6.07) is 0. The van der Waals surface area contributed by atoms with Gasteiger partial charge in [-0.25, -0.2) is 0 Å². The van der Waals surface area contributed by atoms with Crippen molar-refractivity contribution in [1.29, 1.82) is 0 Å². The Balaban J connectivity index is 3.92. The SMILES string of the molecule is CN[Si](C)(NC)N(C)C. The fraction of sp³-hybridized carbons (Fsp3) is 1.00.